The van der Waals surface area contributed by atoms with E-state index in [0.717, 1.165) is 12.1 Å². The van der Waals surface area contributed by atoms with Crippen LogP contribution >= 0.6 is 0 Å². The van der Waals surface area contributed by atoms with Crippen molar-refractivity contribution in [2.75, 3.05) is 26.4 Å². The van der Waals surface area contributed by atoms with E-state index < -0.39 is 62.1 Å². The van der Waals surface area contributed by atoms with Crippen molar-refractivity contribution in [3.63, 3.8) is 0 Å². The number of rotatable bonds is 10. The van der Waals surface area contributed by atoms with Crippen molar-refractivity contribution in [1.82, 2.24) is 9.97 Å². The summed E-state index contributed by atoms with van der Waals surface area (Å²) in [6.07, 6.45) is 0. The predicted molar refractivity (Wildman–Crippen MR) is 131 cm³/mol. The Hall–Kier alpha value is -4.48. The number of nitrogens with one attached hydrogen (secondary N) is 1. The van der Waals surface area contributed by atoms with Gasteiger partial charge in [-0.3, -0.25) is 4.79 Å². The molecule has 0 aromatic carbocycles. The second kappa shape index (κ2) is 15.3. The number of halogens is 3. The number of aromatic nitrogens is 2. The van der Waals surface area contributed by atoms with Crippen LogP contribution in [0, 0.1) is 0 Å². The molecule has 14 nitrogen and oxygen atoms in total. The minimum Gasteiger partial charge on any atom is -0.461 e. The molecule has 2 heterocycles. The van der Waals surface area contributed by atoms with E-state index in [4.69, 9.17) is 9.47 Å². The van der Waals surface area contributed by atoms with Crippen LogP contribution in [0.15, 0.2) is 29.1 Å². The highest BCUT2D eigenvalue weighted by Crippen LogP contribution is 2.27. The molecule has 1 N–H and O–H groups in total. The van der Waals surface area contributed by atoms with Crippen LogP contribution in [0.3, 0.4) is 0 Å². The van der Waals surface area contributed by atoms with Gasteiger partial charge in [0.15, 0.2) is 16.8 Å². The zero-order chi connectivity index (χ0) is 31.4. The van der Waals surface area contributed by atoms with E-state index >= 15 is 0 Å². The molecule has 0 unspecified atom stereocenters. The first kappa shape index (κ1) is 34.5. The van der Waals surface area contributed by atoms with Crippen molar-refractivity contribution in [2.24, 2.45) is 0 Å². The van der Waals surface area contributed by atoms with Crippen LogP contribution in [0.5, 0.6) is 5.75 Å². The number of hydrogen-bond donors (Lipinski definition) is 1. The number of hydrogen-bond acceptors (Lipinski definition) is 13. The van der Waals surface area contributed by atoms with Gasteiger partial charge in [-0.25, -0.2) is 24.2 Å². The maximum atomic E-state index is 12.4. The summed E-state index contributed by atoms with van der Waals surface area (Å²) in [7, 11) is -5.99. The van der Waals surface area contributed by atoms with Gasteiger partial charge < -0.3 is 28.1 Å². The summed E-state index contributed by atoms with van der Waals surface area (Å²) < 4.78 is 81.7. The Morgan fingerprint density at radius 2 is 1.10 bits per heavy atom. The third-order valence-electron chi connectivity index (χ3n) is 4.09. The molecule has 2 aromatic rings. The van der Waals surface area contributed by atoms with Gasteiger partial charge in [0.2, 0.25) is 0 Å². The van der Waals surface area contributed by atoms with E-state index in [1.165, 1.54) is 13.8 Å². The van der Waals surface area contributed by atoms with Crippen LogP contribution < -0.4 is 9.61 Å². The average molecular weight is 611 g/mol. The van der Waals surface area contributed by atoms with Gasteiger partial charge in [0.25, 0.3) is 0 Å². The maximum Gasteiger partial charge on any atom is 0.534 e. The van der Waals surface area contributed by atoms with Gasteiger partial charge in [0, 0.05) is 24.3 Å². The molecule has 2 aromatic heterocycles. The fourth-order valence-electron chi connectivity index (χ4n) is 2.53. The normalized spacial score (nSPS) is 10.9. The Bertz CT molecular complexity index is 1350. The van der Waals surface area contributed by atoms with E-state index in [9.17, 15) is 45.6 Å². The molecule has 0 aliphatic heterocycles. The second-order valence-corrected chi connectivity index (χ2v) is 8.62. The van der Waals surface area contributed by atoms with E-state index in [1.807, 2.05) is 0 Å². The number of carbonyl (C=O) groups excluding carboxylic acids is 4. The maximum absolute atomic E-state index is 12.4. The standard InChI is InChI=1S/C12H12F3NO7S.C11H13NO5/c1-3-21-10(17)8-5-7(23-24(19,20)12(13,14)15)6-9(16-8)11(18)22-4-2;1-3-16-10(14)8-5-7(13)6-9(12-8)11(15)17-4-2/h5-6H,3-4H2,1-2H3;5-6H,3-4H2,1-2H3,(H,12,13). The van der Waals surface area contributed by atoms with Crippen LogP contribution in [-0.4, -0.2) is 74.2 Å². The molecule has 0 bridgehead atoms. The number of pyridine rings is 2. The zero-order valence-electron chi connectivity index (χ0n) is 22.0. The quantitative estimate of drug-likeness (QED) is 0.178. The SMILES string of the molecule is CCOC(=O)c1cc(=O)cc(C(=O)OCC)[nH]1.CCOC(=O)c1cc(OS(=O)(=O)C(F)(F)F)cc(C(=O)OCC)n1. The fraction of sp³-hybridized carbons (Fsp3) is 0.391. The molecule has 0 atom stereocenters. The molecule has 2 rings (SSSR count). The van der Waals surface area contributed by atoms with Crippen LogP contribution in [0.4, 0.5) is 13.2 Å². The molecule has 0 aliphatic rings. The summed E-state index contributed by atoms with van der Waals surface area (Å²) in [6.45, 7) is 6.41. The molecule has 41 heavy (non-hydrogen) atoms. The molecular weight excluding hydrogens is 585 g/mol. The highest BCUT2D eigenvalue weighted by molar-refractivity contribution is 7.88. The first-order valence-electron chi connectivity index (χ1n) is 11.6. The van der Waals surface area contributed by atoms with Gasteiger partial charge >= 0.3 is 39.5 Å². The van der Waals surface area contributed by atoms with Crippen molar-refractivity contribution >= 4 is 34.0 Å². The molecule has 0 spiro atoms. The number of esters is 4. The van der Waals surface area contributed by atoms with Gasteiger partial charge in [-0.05, 0) is 27.7 Å². The second-order valence-electron chi connectivity index (χ2n) is 7.08. The Morgan fingerprint density at radius 3 is 1.44 bits per heavy atom. The Kier molecular flexibility index (Phi) is 12.9. The van der Waals surface area contributed by atoms with Crippen molar-refractivity contribution in [3.8, 4) is 5.75 Å². The molecule has 18 heteroatoms. The smallest absolute Gasteiger partial charge is 0.461 e. The number of alkyl halides is 3. The molecule has 226 valence electrons. The minimum absolute atomic E-state index is 0.0672. The van der Waals surface area contributed by atoms with Crippen molar-refractivity contribution < 1.29 is 63.9 Å². The summed E-state index contributed by atoms with van der Waals surface area (Å²) in [5.74, 6) is -4.48. The summed E-state index contributed by atoms with van der Waals surface area (Å²) in [4.78, 5) is 63.4. The van der Waals surface area contributed by atoms with E-state index in [1.54, 1.807) is 13.8 Å². The van der Waals surface area contributed by atoms with Crippen LogP contribution in [-0.2, 0) is 29.1 Å². The number of ether oxygens (including phenoxy) is 4. The number of nitrogens with zero attached hydrogens (tertiary/aromatic N) is 1. The van der Waals surface area contributed by atoms with Crippen molar-refractivity contribution in [2.45, 2.75) is 33.2 Å². The van der Waals surface area contributed by atoms with E-state index in [0.29, 0.717) is 12.1 Å². The Balaban J connectivity index is 0.000000435. The molecule has 0 fully saturated rings. The van der Waals surface area contributed by atoms with E-state index in [2.05, 4.69) is 23.6 Å². The zero-order valence-corrected chi connectivity index (χ0v) is 22.8. The lowest BCUT2D eigenvalue weighted by Gasteiger charge is -2.11. The van der Waals surface area contributed by atoms with E-state index in [-0.39, 0.29) is 37.8 Å². The highest BCUT2D eigenvalue weighted by Gasteiger charge is 2.48. The molecule has 0 saturated heterocycles. The van der Waals surface area contributed by atoms with Crippen molar-refractivity contribution in [1.29, 1.82) is 0 Å². The number of aromatic amines is 1. The summed E-state index contributed by atoms with van der Waals surface area (Å²) in [6, 6.07) is 3.34. The highest BCUT2D eigenvalue weighted by atomic mass is 32.2. The molecule has 0 amide bonds. The lowest BCUT2D eigenvalue weighted by atomic mass is 10.3. The molecule has 0 aliphatic carbocycles. The predicted octanol–water partition coefficient (Wildman–Crippen LogP) is 2.39. The molecule has 0 radical (unpaired) electrons. The molecular formula is C23H25F3N2O12S. The summed E-state index contributed by atoms with van der Waals surface area (Å²) >= 11 is 0. The third-order valence-corrected chi connectivity index (χ3v) is 5.07. The lowest BCUT2D eigenvalue weighted by molar-refractivity contribution is -0.0500. The first-order chi connectivity index (χ1) is 19.1. The largest absolute Gasteiger partial charge is 0.534 e. The van der Waals surface area contributed by atoms with Gasteiger partial charge in [-0.2, -0.15) is 21.6 Å². The third kappa shape index (κ3) is 10.5. The van der Waals surface area contributed by atoms with Crippen LogP contribution in [0.2, 0.25) is 0 Å². The summed E-state index contributed by atoms with van der Waals surface area (Å²) in [5, 5.41) is 0. The lowest BCUT2D eigenvalue weighted by Crippen LogP contribution is -2.28. The number of carbonyl (C=O) groups is 4. The van der Waals surface area contributed by atoms with Gasteiger partial charge in [-0.1, -0.05) is 0 Å². The Labute approximate surface area is 230 Å². The summed E-state index contributed by atoms with van der Waals surface area (Å²) in [5.41, 5.74) is -7.52. The Morgan fingerprint density at radius 1 is 0.732 bits per heavy atom. The van der Waals surface area contributed by atoms with Crippen LogP contribution in [0.1, 0.15) is 69.6 Å². The monoisotopic (exact) mass is 610 g/mol. The minimum atomic E-state index is -5.99. The van der Waals surface area contributed by atoms with Gasteiger partial charge in [-0.15, -0.1) is 0 Å². The first-order valence-corrected chi connectivity index (χ1v) is 13.0. The van der Waals surface area contributed by atoms with Gasteiger partial charge in [0.05, 0.1) is 26.4 Å². The average Bonchev–Trinajstić information content (AvgIpc) is 2.88. The van der Waals surface area contributed by atoms with Crippen LogP contribution in [0.25, 0.3) is 0 Å². The molecule has 0 saturated carbocycles. The number of H-pyrrole nitrogens is 1. The topological polar surface area (TPSA) is 194 Å². The van der Waals surface area contributed by atoms with Crippen molar-refractivity contribution in [3.05, 3.63) is 57.3 Å². The van der Waals surface area contributed by atoms with Gasteiger partial charge in [0.1, 0.15) is 17.1 Å². The fourth-order valence-corrected chi connectivity index (χ4v) is 2.97.